The highest BCUT2D eigenvalue weighted by molar-refractivity contribution is 14.1. The zero-order chi connectivity index (χ0) is 21.0. The van der Waals surface area contributed by atoms with E-state index in [2.05, 4.69) is 27.9 Å². The van der Waals surface area contributed by atoms with Crippen molar-refractivity contribution in [2.75, 3.05) is 24.4 Å². The summed E-state index contributed by atoms with van der Waals surface area (Å²) in [5.41, 5.74) is 2.31. The number of nitrogens with one attached hydrogen (secondary N) is 1. The van der Waals surface area contributed by atoms with Crippen LogP contribution in [-0.4, -0.2) is 41.0 Å². The molecule has 29 heavy (non-hydrogen) atoms. The lowest BCUT2D eigenvalue weighted by Gasteiger charge is -2.35. The Balaban J connectivity index is 1.64. The number of rotatable bonds is 6. The number of alkyl halides is 1. The average molecular weight is 567 g/mol. The van der Waals surface area contributed by atoms with Gasteiger partial charge in [-0.25, -0.2) is 4.67 Å². The Labute approximate surface area is 194 Å². The highest BCUT2D eigenvalue weighted by Crippen LogP contribution is 2.48. The fourth-order valence-corrected chi connectivity index (χ4v) is 6.75. The lowest BCUT2D eigenvalue weighted by molar-refractivity contribution is 0.0922. The molecule has 1 unspecified atom stereocenters. The summed E-state index contributed by atoms with van der Waals surface area (Å²) in [6, 6.07) is 12.7. The zero-order valence-corrected chi connectivity index (χ0v) is 20.5. The van der Waals surface area contributed by atoms with Crippen molar-refractivity contribution in [3.63, 3.8) is 0 Å². The number of carbonyl (C=O) groups is 1. The molecular weight excluding hydrogens is 545 g/mol. The molecule has 5 nitrogen and oxygen atoms in total. The van der Waals surface area contributed by atoms with Crippen molar-refractivity contribution in [1.82, 2.24) is 9.99 Å². The lowest BCUT2D eigenvalue weighted by Crippen LogP contribution is -2.43. The minimum atomic E-state index is -2.74. The number of hydrogen-bond donors (Lipinski definition) is 1. The van der Waals surface area contributed by atoms with Gasteiger partial charge in [0.25, 0.3) is 13.4 Å². The molecule has 156 valence electrons. The molecule has 1 saturated heterocycles. The number of piperidine rings is 1. The summed E-state index contributed by atoms with van der Waals surface area (Å²) in [7, 11) is -2.74. The number of hydrogen-bond acceptors (Lipinski definition) is 3. The average Bonchev–Trinajstić information content (AvgIpc) is 2.68. The van der Waals surface area contributed by atoms with Crippen molar-refractivity contribution in [1.29, 1.82) is 0 Å². The predicted octanol–water partition coefficient (Wildman–Crippen LogP) is 6.09. The molecule has 1 amide bonds. The van der Waals surface area contributed by atoms with E-state index in [1.807, 2.05) is 35.0 Å². The monoisotopic (exact) mass is 566 g/mol. The van der Waals surface area contributed by atoms with Crippen LogP contribution >= 0.6 is 53.3 Å². The Morgan fingerprint density at radius 1 is 1.17 bits per heavy atom. The maximum atomic E-state index is 12.8. The van der Waals surface area contributed by atoms with Crippen LogP contribution in [0.2, 0.25) is 10.0 Å². The number of carbonyl (C=O) groups excluding carboxylic acids is 1. The van der Waals surface area contributed by atoms with Crippen molar-refractivity contribution in [2.45, 2.75) is 18.9 Å². The van der Waals surface area contributed by atoms with Crippen LogP contribution in [0.25, 0.3) is 11.1 Å². The smallest absolute Gasteiger partial charge is 0.270 e. The molecule has 0 aliphatic carbocycles. The summed E-state index contributed by atoms with van der Waals surface area (Å²) in [5.74, 6) is -0.124. The van der Waals surface area contributed by atoms with E-state index in [-0.39, 0.29) is 11.9 Å². The van der Waals surface area contributed by atoms with Gasteiger partial charge in [-0.3, -0.25) is 9.36 Å². The summed E-state index contributed by atoms with van der Waals surface area (Å²) in [5, 5.41) is 4.19. The molecule has 3 rings (SSSR count). The van der Waals surface area contributed by atoms with Crippen LogP contribution in [0.3, 0.4) is 0 Å². The number of nitrogens with zero attached hydrogens (tertiary/aromatic N) is 1. The first-order chi connectivity index (χ1) is 13.8. The SMILES string of the molecule is CP(=O)(OCI)N1CCC(NC(=O)c2cccc(-c3cc(Cl)cc(Cl)c3)c2)CC1. The fourth-order valence-electron chi connectivity index (χ4n) is 3.37. The molecule has 0 aromatic heterocycles. The Kier molecular flexibility index (Phi) is 8.04. The molecule has 0 bridgehead atoms. The molecule has 2 aromatic rings. The van der Waals surface area contributed by atoms with Crippen LogP contribution < -0.4 is 5.32 Å². The third-order valence-corrected chi connectivity index (χ3v) is 8.21. The van der Waals surface area contributed by atoms with Gasteiger partial charge in [0.05, 0.1) is 0 Å². The first-order valence-electron chi connectivity index (χ1n) is 9.19. The minimum absolute atomic E-state index is 0.0441. The Hall–Kier alpha value is -0.630. The maximum Gasteiger partial charge on any atom is 0.270 e. The molecule has 1 N–H and O–H groups in total. The topological polar surface area (TPSA) is 58.6 Å². The van der Waals surface area contributed by atoms with E-state index in [9.17, 15) is 9.36 Å². The summed E-state index contributed by atoms with van der Waals surface area (Å²) >= 11 is 14.2. The van der Waals surface area contributed by atoms with Gasteiger partial charge in [0.2, 0.25) is 0 Å². The highest BCUT2D eigenvalue weighted by atomic mass is 127. The molecule has 1 atom stereocenters. The first kappa shape index (κ1) is 23.0. The Morgan fingerprint density at radius 3 is 2.45 bits per heavy atom. The maximum absolute atomic E-state index is 12.8. The molecule has 1 fully saturated rings. The van der Waals surface area contributed by atoms with E-state index < -0.39 is 7.52 Å². The molecule has 0 spiro atoms. The summed E-state index contributed by atoms with van der Waals surface area (Å²) in [6.07, 6.45) is 1.47. The second-order valence-electron chi connectivity index (χ2n) is 6.98. The Bertz CT molecular complexity index is 915. The van der Waals surface area contributed by atoms with Crippen LogP contribution in [0.15, 0.2) is 42.5 Å². The summed E-state index contributed by atoms with van der Waals surface area (Å²) < 4.78 is 20.2. The number of benzene rings is 2. The van der Waals surface area contributed by atoms with E-state index in [1.54, 1.807) is 18.8 Å². The second kappa shape index (κ2) is 10.1. The van der Waals surface area contributed by atoms with Crippen LogP contribution in [-0.2, 0) is 9.09 Å². The van der Waals surface area contributed by atoms with Crippen LogP contribution in [0, 0.1) is 0 Å². The standard InChI is InChI=1S/C20H22Cl2IN2O3P/c1-29(27,28-13-23)25-7-5-19(6-8-25)24-20(26)15-4-2-3-14(9-15)16-10-17(21)12-18(22)11-16/h2-4,9-12,19H,5-8,13H2,1H3,(H,24,26). The third kappa shape index (κ3) is 6.18. The van der Waals surface area contributed by atoms with E-state index in [0.29, 0.717) is 33.3 Å². The number of amides is 1. The van der Waals surface area contributed by atoms with Gasteiger partial charge in [-0.2, -0.15) is 0 Å². The van der Waals surface area contributed by atoms with Crippen molar-refractivity contribution < 1.29 is 13.9 Å². The molecule has 1 heterocycles. The summed E-state index contributed by atoms with van der Waals surface area (Å²) in [6.45, 7) is 2.92. The van der Waals surface area contributed by atoms with Gasteiger partial charge in [0, 0.05) is 41.4 Å². The quantitative estimate of drug-likeness (QED) is 0.261. The third-order valence-electron chi connectivity index (χ3n) is 4.93. The zero-order valence-electron chi connectivity index (χ0n) is 15.9. The van der Waals surface area contributed by atoms with Gasteiger partial charge in [-0.15, -0.1) is 0 Å². The van der Waals surface area contributed by atoms with E-state index in [1.165, 1.54) is 0 Å². The molecular formula is C20H22Cl2IN2O3P. The van der Waals surface area contributed by atoms with Gasteiger partial charge in [0.1, 0.15) is 4.61 Å². The molecule has 0 radical (unpaired) electrons. The largest absolute Gasteiger partial charge is 0.349 e. The van der Waals surface area contributed by atoms with Gasteiger partial charge >= 0.3 is 0 Å². The molecule has 1 aliphatic heterocycles. The van der Waals surface area contributed by atoms with Crippen LogP contribution in [0.1, 0.15) is 23.2 Å². The highest BCUT2D eigenvalue weighted by Gasteiger charge is 2.31. The van der Waals surface area contributed by atoms with Crippen molar-refractivity contribution in [2.24, 2.45) is 0 Å². The van der Waals surface area contributed by atoms with Gasteiger partial charge in [-0.1, -0.05) is 57.9 Å². The fraction of sp³-hybridized carbons (Fsp3) is 0.350. The minimum Gasteiger partial charge on any atom is -0.349 e. The van der Waals surface area contributed by atoms with Crippen LogP contribution in [0.4, 0.5) is 0 Å². The molecule has 2 aromatic carbocycles. The van der Waals surface area contributed by atoms with Crippen molar-refractivity contribution in [3.05, 3.63) is 58.1 Å². The normalized spacial score (nSPS) is 17.7. The molecule has 0 saturated carbocycles. The van der Waals surface area contributed by atoms with E-state index in [0.717, 1.165) is 24.0 Å². The van der Waals surface area contributed by atoms with E-state index >= 15 is 0 Å². The Morgan fingerprint density at radius 2 is 1.83 bits per heavy atom. The number of halogens is 3. The van der Waals surface area contributed by atoms with Crippen LogP contribution in [0.5, 0.6) is 0 Å². The van der Waals surface area contributed by atoms with Gasteiger partial charge in [0.15, 0.2) is 0 Å². The van der Waals surface area contributed by atoms with Crippen molar-refractivity contribution in [3.8, 4) is 11.1 Å². The van der Waals surface area contributed by atoms with Crippen molar-refractivity contribution >= 4 is 59.2 Å². The predicted molar refractivity (Wildman–Crippen MR) is 127 cm³/mol. The van der Waals surface area contributed by atoms with E-state index in [4.69, 9.17) is 27.7 Å². The van der Waals surface area contributed by atoms with Gasteiger partial charge in [-0.05, 0) is 54.3 Å². The van der Waals surface area contributed by atoms with Gasteiger partial charge < -0.3 is 9.84 Å². The molecule has 9 heteroatoms. The lowest BCUT2D eigenvalue weighted by atomic mass is 10.0. The first-order valence-corrected chi connectivity index (χ1v) is 13.5. The molecule has 1 aliphatic rings. The second-order valence-corrected chi connectivity index (χ2v) is 10.9. The summed E-state index contributed by atoms with van der Waals surface area (Å²) in [4.78, 5) is 12.8.